The molecule has 0 bridgehead atoms. The number of benzene rings is 2. The molecule has 0 radical (unpaired) electrons. The monoisotopic (exact) mass is 416 g/mol. The lowest BCUT2D eigenvalue weighted by atomic mass is 10.1. The van der Waals surface area contributed by atoms with Gasteiger partial charge in [-0.15, -0.1) is 0 Å². The van der Waals surface area contributed by atoms with Crippen molar-refractivity contribution in [3.8, 4) is 0 Å². The highest BCUT2D eigenvalue weighted by Crippen LogP contribution is 2.11. The van der Waals surface area contributed by atoms with Crippen LogP contribution in [0.4, 0.5) is 0 Å². The lowest BCUT2D eigenvalue weighted by Gasteiger charge is -2.18. The number of amides is 1. The molecular formula is C20H25BrN4O. The molecule has 0 saturated carbocycles. The zero-order chi connectivity index (χ0) is 18.8. The van der Waals surface area contributed by atoms with Crippen molar-refractivity contribution in [2.45, 2.75) is 19.4 Å². The number of rotatable bonds is 7. The first-order valence-corrected chi connectivity index (χ1v) is 9.45. The van der Waals surface area contributed by atoms with E-state index in [4.69, 9.17) is 0 Å². The molecule has 1 atom stereocenters. The molecule has 2 aromatic rings. The van der Waals surface area contributed by atoms with Crippen LogP contribution >= 0.6 is 15.9 Å². The largest absolute Gasteiger partial charge is 0.356 e. The number of hydrogen-bond acceptors (Lipinski definition) is 2. The molecule has 1 amide bonds. The Balaban J connectivity index is 1.68. The van der Waals surface area contributed by atoms with E-state index in [0.717, 1.165) is 23.4 Å². The van der Waals surface area contributed by atoms with Gasteiger partial charge in [0.1, 0.15) is 0 Å². The molecule has 138 valence electrons. The third-order valence-corrected chi connectivity index (χ3v) is 4.39. The predicted octanol–water partition coefficient (Wildman–Crippen LogP) is 3.50. The maximum Gasteiger partial charge on any atom is 0.251 e. The summed E-state index contributed by atoms with van der Waals surface area (Å²) in [5.74, 6) is 0.686. The third kappa shape index (κ3) is 6.52. The van der Waals surface area contributed by atoms with Gasteiger partial charge in [0.05, 0.1) is 6.04 Å². The van der Waals surface area contributed by atoms with Gasteiger partial charge in [-0.3, -0.25) is 9.79 Å². The van der Waals surface area contributed by atoms with E-state index < -0.39 is 0 Å². The van der Waals surface area contributed by atoms with Gasteiger partial charge in [0.25, 0.3) is 5.91 Å². The van der Waals surface area contributed by atoms with Crippen molar-refractivity contribution in [3.63, 3.8) is 0 Å². The number of aliphatic imine (C=N–C) groups is 1. The second-order valence-electron chi connectivity index (χ2n) is 5.90. The van der Waals surface area contributed by atoms with Gasteiger partial charge in [-0.05, 0) is 37.1 Å². The lowest BCUT2D eigenvalue weighted by molar-refractivity contribution is 0.0953. The average Bonchev–Trinajstić information content (AvgIpc) is 2.67. The Morgan fingerprint density at radius 2 is 1.81 bits per heavy atom. The highest BCUT2D eigenvalue weighted by atomic mass is 79.9. The van der Waals surface area contributed by atoms with Crippen molar-refractivity contribution in [2.24, 2.45) is 4.99 Å². The molecule has 3 N–H and O–H groups in total. The smallest absolute Gasteiger partial charge is 0.251 e. The Morgan fingerprint density at radius 1 is 1.08 bits per heavy atom. The van der Waals surface area contributed by atoms with Gasteiger partial charge in [0.2, 0.25) is 0 Å². The minimum atomic E-state index is -0.0634. The molecule has 1 unspecified atom stereocenters. The zero-order valence-electron chi connectivity index (χ0n) is 15.1. The van der Waals surface area contributed by atoms with Crippen molar-refractivity contribution in [1.82, 2.24) is 16.0 Å². The Kier molecular flexibility index (Phi) is 8.15. The van der Waals surface area contributed by atoms with Crippen LogP contribution in [0.5, 0.6) is 0 Å². The molecule has 0 spiro atoms. The molecule has 2 rings (SSSR count). The van der Waals surface area contributed by atoms with Crippen LogP contribution in [-0.2, 0) is 0 Å². The molecule has 0 fully saturated rings. The zero-order valence-corrected chi connectivity index (χ0v) is 16.7. The van der Waals surface area contributed by atoms with Crippen LogP contribution in [0.15, 0.2) is 64.1 Å². The number of guanidine groups is 1. The summed E-state index contributed by atoms with van der Waals surface area (Å²) < 4.78 is 0.897. The molecule has 26 heavy (non-hydrogen) atoms. The van der Waals surface area contributed by atoms with Gasteiger partial charge in [-0.25, -0.2) is 0 Å². The molecule has 0 saturated heterocycles. The van der Waals surface area contributed by atoms with Gasteiger partial charge in [-0.1, -0.05) is 52.3 Å². The van der Waals surface area contributed by atoms with E-state index >= 15 is 0 Å². The van der Waals surface area contributed by atoms with Gasteiger partial charge in [0, 0.05) is 30.2 Å². The Hall–Kier alpha value is -2.34. The van der Waals surface area contributed by atoms with Crippen molar-refractivity contribution < 1.29 is 4.79 Å². The number of carbonyl (C=O) groups excluding carboxylic acids is 1. The first-order chi connectivity index (χ1) is 12.6. The third-order valence-electron chi connectivity index (χ3n) is 3.89. The first kappa shape index (κ1) is 20.0. The molecule has 0 aliphatic rings. The Morgan fingerprint density at radius 3 is 2.50 bits per heavy atom. The standard InChI is InChI=1S/C20H25BrN4O/c1-15(16-8-4-3-5-9-16)25-20(22-2)24-13-7-12-23-19(26)17-10-6-11-18(21)14-17/h3-6,8-11,14-15H,7,12-13H2,1-2H3,(H,23,26)(H2,22,24,25). The summed E-state index contributed by atoms with van der Waals surface area (Å²) in [4.78, 5) is 16.3. The fraction of sp³-hybridized carbons (Fsp3) is 0.300. The van der Waals surface area contributed by atoms with E-state index in [1.165, 1.54) is 5.56 Å². The molecule has 0 aromatic heterocycles. The normalized spacial score (nSPS) is 12.3. The van der Waals surface area contributed by atoms with Crippen molar-refractivity contribution in [1.29, 1.82) is 0 Å². The second kappa shape index (κ2) is 10.6. The minimum absolute atomic E-state index is 0.0634. The molecule has 2 aromatic carbocycles. The summed E-state index contributed by atoms with van der Waals surface area (Å²) in [6.45, 7) is 3.42. The van der Waals surface area contributed by atoms with Crippen molar-refractivity contribution in [2.75, 3.05) is 20.1 Å². The first-order valence-electron chi connectivity index (χ1n) is 8.66. The molecule has 0 heterocycles. The van der Waals surface area contributed by atoms with Crippen molar-refractivity contribution >= 4 is 27.8 Å². The fourth-order valence-corrected chi connectivity index (χ4v) is 2.85. The van der Waals surface area contributed by atoms with Gasteiger partial charge in [-0.2, -0.15) is 0 Å². The van der Waals surface area contributed by atoms with Gasteiger partial charge >= 0.3 is 0 Å². The molecule has 6 heteroatoms. The van der Waals surface area contributed by atoms with Crippen molar-refractivity contribution in [3.05, 3.63) is 70.2 Å². The fourth-order valence-electron chi connectivity index (χ4n) is 2.45. The summed E-state index contributed by atoms with van der Waals surface area (Å²) in [5.41, 5.74) is 1.86. The number of nitrogens with one attached hydrogen (secondary N) is 3. The Labute approximate surface area is 163 Å². The quantitative estimate of drug-likeness (QED) is 0.367. The van der Waals surface area contributed by atoms with E-state index in [0.29, 0.717) is 12.1 Å². The van der Waals surface area contributed by atoms with E-state index in [-0.39, 0.29) is 11.9 Å². The van der Waals surface area contributed by atoms with Crippen LogP contribution in [0.25, 0.3) is 0 Å². The average molecular weight is 417 g/mol. The van der Waals surface area contributed by atoms with Gasteiger partial charge in [0.15, 0.2) is 5.96 Å². The SMILES string of the molecule is CN=C(NCCCNC(=O)c1cccc(Br)c1)NC(C)c1ccccc1. The topological polar surface area (TPSA) is 65.5 Å². The van der Waals surface area contributed by atoms with Crippen LogP contribution in [0.2, 0.25) is 0 Å². The lowest BCUT2D eigenvalue weighted by Crippen LogP contribution is -2.40. The van der Waals surface area contributed by atoms with Crippen LogP contribution < -0.4 is 16.0 Å². The van der Waals surface area contributed by atoms with Gasteiger partial charge < -0.3 is 16.0 Å². The minimum Gasteiger partial charge on any atom is -0.356 e. The summed E-state index contributed by atoms with van der Waals surface area (Å²) in [7, 11) is 1.75. The second-order valence-corrected chi connectivity index (χ2v) is 6.81. The molecular weight excluding hydrogens is 392 g/mol. The summed E-state index contributed by atoms with van der Waals surface area (Å²) >= 11 is 3.37. The van der Waals surface area contributed by atoms with E-state index in [2.05, 4.69) is 55.9 Å². The Bertz CT molecular complexity index is 734. The summed E-state index contributed by atoms with van der Waals surface area (Å²) in [6.07, 6.45) is 0.806. The number of halogens is 1. The summed E-state index contributed by atoms with van der Waals surface area (Å²) in [5, 5.41) is 9.56. The number of carbonyl (C=O) groups is 1. The molecule has 5 nitrogen and oxygen atoms in total. The maximum atomic E-state index is 12.1. The predicted molar refractivity (Wildman–Crippen MR) is 110 cm³/mol. The van der Waals surface area contributed by atoms with E-state index in [9.17, 15) is 4.79 Å². The van der Waals surface area contributed by atoms with Crippen LogP contribution in [0, 0.1) is 0 Å². The van der Waals surface area contributed by atoms with Crippen LogP contribution in [-0.4, -0.2) is 32.0 Å². The summed E-state index contributed by atoms with van der Waals surface area (Å²) in [6, 6.07) is 17.8. The van der Waals surface area contributed by atoms with Crippen LogP contribution in [0.3, 0.4) is 0 Å². The number of nitrogens with zero attached hydrogens (tertiary/aromatic N) is 1. The molecule has 0 aliphatic carbocycles. The van der Waals surface area contributed by atoms with E-state index in [1.54, 1.807) is 13.1 Å². The van der Waals surface area contributed by atoms with Crippen LogP contribution in [0.1, 0.15) is 35.3 Å². The highest BCUT2D eigenvalue weighted by Gasteiger charge is 2.07. The maximum absolute atomic E-state index is 12.1. The molecule has 0 aliphatic heterocycles. The van der Waals surface area contributed by atoms with E-state index in [1.807, 2.05) is 36.4 Å². The highest BCUT2D eigenvalue weighted by molar-refractivity contribution is 9.10. The number of hydrogen-bond donors (Lipinski definition) is 3.